The van der Waals surface area contributed by atoms with Crippen molar-refractivity contribution in [3.05, 3.63) is 66.7 Å². The molecule has 16 nitrogen and oxygen atoms in total. The van der Waals surface area contributed by atoms with Gasteiger partial charge in [-0.1, -0.05) is 26.0 Å². The summed E-state index contributed by atoms with van der Waals surface area (Å²) in [4.78, 5) is 29.5. The fourth-order valence-corrected chi connectivity index (χ4v) is 7.79. The normalized spacial score (nSPS) is 20.6. The van der Waals surface area contributed by atoms with Crippen LogP contribution in [0.4, 0.5) is 9.59 Å². The summed E-state index contributed by atoms with van der Waals surface area (Å²) >= 11 is 0. The number of hydrogen-bond donors (Lipinski definition) is 3. The van der Waals surface area contributed by atoms with Crippen molar-refractivity contribution in [2.24, 2.45) is 11.8 Å². The summed E-state index contributed by atoms with van der Waals surface area (Å²) in [5, 5.41) is 17.1. The minimum atomic E-state index is -4.11. The number of carbonyl (C=O) groups excluding carboxylic acids is 2. The van der Waals surface area contributed by atoms with Crippen LogP contribution in [0.15, 0.2) is 66.1 Å². The standard InChI is InChI=1S/C34H43N5O11S/c1-22(2)17-39(51(43,44)25-7-8-29-30(16-25)48-21-47-29)18-28(40)27(37-34(42)50-31-19-46-32-26(31)9-14-45-32)15-23-3-5-24(6-4-23)49-33(41)36-11-13-38-12-10-35-20-38/h3-8,10,12,16,20,22,26-28,31-32,40H,9,11,13-15,17-19,21H2,1-2H3,(H,36,41)(H,37,42). The molecular formula is C34H43N5O11S. The van der Waals surface area contributed by atoms with Crippen molar-refractivity contribution in [3.8, 4) is 17.2 Å². The Kier molecular flexibility index (Phi) is 11.6. The average Bonchev–Trinajstić information content (AvgIpc) is 3.92. The van der Waals surface area contributed by atoms with E-state index < -0.39 is 46.7 Å². The predicted molar refractivity (Wildman–Crippen MR) is 180 cm³/mol. The van der Waals surface area contributed by atoms with Crippen molar-refractivity contribution in [1.29, 1.82) is 0 Å². The highest BCUT2D eigenvalue weighted by Gasteiger charge is 2.44. The van der Waals surface area contributed by atoms with Crippen LogP contribution in [0.2, 0.25) is 0 Å². The second-order valence-corrected chi connectivity index (χ2v) is 14.9. The number of fused-ring (bicyclic) bond motifs is 2. The fourth-order valence-electron chi connectivity index (χ4n) is 6.15. The highest BCUT2D eigenvalue weighted by atomic mass is 32.2. The molecule has 5 atom stereocenters. The quantitative estimate of drug-likeness (QED) is 0.208. The zero-order chi connectivity index (χ0) is 36.0. The van der Waals surface area contributed by atoms with Gasteiger partial charge in [0.25, 0.3) is 0 Å². The first-order chi connectivity index (χ1) is 24.5. The minimum Gasteiger partial charge on any atom is -0.454 e. The van der Waals surface area contributed by atoms with Gasteiger partial charge in [0.05, 0.1) is 42.5 Å². The van der Waals surface area contributed by atoms with E-state index in [2.05, 4.69) is 15.6 Å². The number of aliphatic hydroxyl groups excluding tert-OH is 1. The SMILES string of the molecule is CC(C)CN(CC(O)C(Cc1ccc(OC(=O)NCCn2ccnc2)cc1)NC(=O)OC1COC2OCCC12)S(=O)(=O)c1ccc2c(c1)OCO2. The van der Waals surface area contributed by atoms with E-state index in [1.165, 1.54) is 22.5 Å². The summed E-state index contributed by atoms with van der Waals surface area (Å²) in [7, 11) is -4.11. The van der Waals surface area contributed by atoms with Crippen LogP contribution in [0.5, 0.6) is 17.2 Å². The van der Waals surface area contributed by atoms with Crippen molar-refractivity contribution in [1.82, 2.24) is 24.5 Å². The molecule has 3 N–H and O–H groups in total. The maximum absolute atomic E-state index is 13.9. The number of hydrogen-bond acceptors (Lipinski definition) is 12. The highest BCUT2D eigenvalue weighted by molar-refractivity contribution is 7.89. The van der Waals surface area contributed by atoms with E-state index in [1.54, 1.807) is 43.0 Å². The number of amides is 2. The molecule has 0 saturated carbocycles. The number of nitrogens with one attached hydrogen (secondary N) is 2. The monoisotopic (exact) mass is 729 g/mol. The number of rotatable bonds is 15. The third-order valence-corrected chi connectivity index (χ3v) is 10.6. The molecular weight excluding hydrogens is 686 g/mol. The summed E-state index contributed by atoms with van der Waals surface area (Å²) in [6, 6.07) is 9.97. The highest BCUT2D eigenvalue weighted by Crippen LogP contribution is 2.35. The van der Waals surface area contributed by atoms with Gasteiger partial charge in [-0.3, -0.25) is 0 Å². The van der Waals surface area contributed by atoms with E-state index in [9.17, 15) is 23.1 Å². The second kappa shape index (κ2) is 16.3. The van der Waals surface area contributed by atoms with E-state index in [1.807, 2.05) is 18.4 Å². The first-order valence-electron chi connectivity index (χ1n) is 16.8. The van der Waals surface area contributed by atoms with E-state index in [0.29, 0.717) is 43.2 Å². The minimum absolute atomic E-state index is 0.00855. The Morgan fingerprint density at radius 3 is 2.65 bits per heavy atom. The summed E-state index contributed by atoms with van der Waals surface area (Å²) in [5.74, 6) is 0.863. The third-order valence-electron chi connectivity index (χ3n) is 8.74. The molecule has 17 heteroatoms. The number of carbonyl (C=O) groups is 2. The molecule has 3 aliphatic rings. The van der Waals surface area contributed by atoms with Crippen LogP contribution < -0.4 is 24.8 Å². The smallest absolute Gasteiger partial charge is 0.412 e. The summed E-state index contributed by atoms with van der Waals surface area (Å²) < 4.78 is 63.8. The van der Waals surface area contributed by atoms with Gasteiger partial charge in [-0.25, -0.2) is 23.0 Å². The predicted octanol–water partition coefficient (Wildman–Crippen LogP) is 2.51. The molecule has 276 valence electrons. The number of alkyl carbamates (subject to hydrolysis) is 1. The topological polar surface area (TPSA) is 189 Å². The Balaban J connectivity index is 1.14. The van der Waals surface area contributed by atoms with Crippen molar-refractivity contribution in [2.75, 3.05) is 39.6 Å². The molecule has 3 aromatic rings. The molecule has 2 amide bonds. The lowest BCUT2D eigenvalue weighted by molar-refractivity contribution is -0.0907. The summed E-state index contributed by atoms with van der Waals surface area (Å²) in [6.45, 7) is 5.07. The molecule has 4 heterocycles. The Hall–Kier alpha value is -4.42. The molecule has 2 aromatic carbocycles. The van der Waals surface area contributed by atoms with Crippen molar-refractivity contribution >= 4 is 22.2 Å². The van der Waals surface area contributed by atoms with E-state index in [4.69, 9.17) is 28.4 Å². The molecule has 0 spiro atoms. The van der Waals surface area contributed by atoms with Gasteiger partial charge < -0.3 is 48.7 Å². The molecule has 1 aromatic heterocycles. The number of imidazole rings is 1. The lowest BCUT2D eigenvalue weighted by atomic mass is 10.0. The third kappa shape index (κ3) is 9.28. The van der Waals surface area contributed by atoms with Gasteiger partial charge in [-0.05, 0) is 48.6 Å². The van der Waals surface area contributed by atoms with Crippen LogP contribution in [-0.4, -0.2) is 104 Å². The van der Waals surface area contributed by atoms with Crippen molar-refractivity contribution < 1.29 is 51.5 Å². The number of aliphatic hydroxyl groups is 1. The van der Waals surface area contributed by atoms with Gasteiger partial charge in [0.15, 0.2) is 17.8 Å². The van der Waals surface area contributed by atoms with Gasteiger partial charge >= 0.3 is 12.2 Å². The Labute approximate surface area is 296 Å². The summed E-state index contributed by atoms with van der Waals surface area (Å²) in [5.41, 5.74) is 0.676. The molecule has 6 rings (SSSR count). The van der Waals surface area contributed by atoms with Gasteiger partial charge in [0.1, 0.15) is 11.9 Å². The van der Waals surface area contributed by atoms with Gasteiger partial charge in [0.2, 0.25) is 16.8 Å². The van der Waals surface area contributed by atoms with Crippen molar-refractivity contribution in [2.45, 2.75) is 62.7 Å². The van der Waals surface area contributed by atoms with Crippen LogP contribution >= 0.6 is 0 Å². The first kappa shape index (κ1) is 36.4. The molecule has 0 aliphatic carbocycles. The number of nitrogens with zero attached hydrogens (tertiary/aromatic N) is 3. The van der Waals surface area contributed by atoms with Gasteiger partial charge in [-0.15, -0.1) is 0 Å². The van der Waals surface area contributed by atoms with E-state index in [0.717, 1.165) is 0 Å². The molecule has 2 fully saturated rings. The van der Waals surface area contributed by atoms with Crippen LogP contribution in [0.25, 0.3) is 0 Å². The van der Waals surface area contributed by atoms with Gasteiger partial charge in [0, 0.05) is 44.6 Å². The van der Waals surface area contributed by atoms with E-state index >= 15 is 0 Å². The average molecular weight is 730 g/mol. The lowest BCUT2D eigenvalue weighted by Gasteiger charge is -2.31. The Bertz CT molecular complexity index is 1740. The summed E-state index contributed by atoms with van der Waals surface area (Å²) in [6.07, 6.45) is 2.16. The molecule has 3 aliphatic heterocycles. The van der Waals surface area contributed by atoms with Crippen LogP contribution in [0.3, 0.4) is 0 Å². The maximum Gasteiger partial charge on any atom is 0.412 e. The Morgan fingerprint density at radius 1 is 1.08 bits per heavy atom. The second-order valence-electron chi connectivity index (χ2n) is 13.0. The molecule has 2 saturated heterocycles. The number of aromatic nitrogens is 2. The number of ether oxygens (including phenoxy) is 6. The maximum atomic E-state index is 13.9. The molecule has 51 heavy (non-hydrogen) atoms. The number of benzene rings is 2. The van der Waals surface area contributed by atoms with Crippen LogP contribution in [0, 0.1) is 11.8 Å². The van der Waals surface area contributed by atoms with Crippen LogP contribution in [-0.2, 0) is 37.2 Å². The molecule has 0 bridgehead atoms. The van der Waals surface area contributed by atoms with Crippen LogP contribution in [0.1, 0.15) is 25.8 Å². The number of sulfonamides is 1. The fraction of sp³-hybridized carbons (Fsp3) is 0.500. The molecule has 5 unspecified atom stereocenters. The van der Waals surface area contributed by atoms with Gasteiger partial charge in [-0.2, -0.15) is 4.31 Å². The van der Waals surface area contributed by atoms with E-state index in [-0.39, 0.29) is 55.4 Å². The molecule has 0 radical (unpaired) electrons. The largest absolute Gasteiger partial charge is 0.454 e. The first-order valence-corrected chi connectivity index (χ1v) is 18.3. The zero-order valence-electron chi connectivity index (χ0n) is 28.4. The van der Waals surface area contributed by atoms with Crippen molar-refractivity contribution in [3.63, 3.8) is 0 Å². The Morgan fingerprint density at radius 2 is 1.88 bits per heavy atom. The lowest BCUT2D eigenvalue weighted by Crippen LogP contribution is -2.51. The zero-order valence-corrected chi connectivity index (χ0v) is 29.2.